The molecule has 2 N–H and O–H groups in total. The van der Waals surface area contributed by atoms with Gasteiger partial charge in [-0.3, -0.25) is 10.1 Å². The van der Waals surface area contributed by atoms with Crippen LogP contribution in [0.2, 0.25) is 0 Å². The maximum Gasteiger partial charge on any atom is 0.296 e. The summed E-state index contributed by atoms with van der Waals surface area (Å²) < 4.78 is 0.724. The number of hydrogen-bond acceptors (Lipinski definition) is 7. The summed E-state index contributed by atoms with van der Waals surface area (Å²) in [5.41, 5.74) is 5.58. The number of hydrogen-bond donors (Lipinski definition) is 2. The van der Waals surface area contributed by atoms with Crippen LogP contribution in [-0.4, -0.2) is 4.92 Å². The molecule has 1 aliphatic rings. The van der Waals surface area contributed by atoms with Gasteiger partial charge in [0, 0.05) is 23.1 Å². The summed E-state index contributed by atoms with van der Waals surface area (Å²) in [6.45, 7) is 0. The standard InChI is InChI=1S/C11H8N4O4S/c16-14-6-2-1-3-9(14)20-8-5-4-7(15(17)18)10-11(8)13-19-12-10/h1-6,12-13H. The van der Waals surface area contributed by atoms with E-state index < -0.39 is 4.92 Å². The number of rotatable bonds is 3. The Labute approximate surface area is 117 Å². The topological polar surface area (TPSA) is 103 Å². The Morgan fingerprint density at radius 3 is 2.75 bits per heavy atom. The van der Waals surface area contributed by atoms with Gasteiger partial charge in [0.2, 0.25) is 0 Å². The van der Waals surface area contributed by atoms with Gasteiger partial charge >= 0.3 is 0 Å². The van der Waals surface area contributed by atoms with Gasteiger partial charge in [0.1, 0.15) is 5.69 Å². The number of pyridine rings is 1. The van der Waals surface area contributed by atoms with Gasteiger partial charge in [-0.25, -0.2) is 11.0 Å². The molecule has 0 saturated carbocycles. The van der Waals surface area contributed by atoms with Gasteiger partial charge in [0.05, 0.1) is 4.92 Å². The summed E-state index contributed by atoms with van der Waals surface area (Å²) in [4.78, 5) is 15.9. The second kappa shape index (κ2) is 4.87. The fourth-order valence-corrected chi connectivity index (χ4v) is 2.65. The van der Waals surface area contributed by atoms with Crippen LogP contribution in [-0.2, 0) is 4.94 Å². The van der Waals surface area contributed by atoms with Gasteiger partial charge in [-0.15, -0.1) is 0 Å². The molecule has 0 aliphatic carbocycles. The summed E-state index contributed by atoms with van der Waals surface area (Å²) in [6, 6.07) is 7.96. The highest BCUT2D eigenvalue weighted by molar-refractivity contribution is 7.99. The van der Waals surface area contributed by atoms with Crippen LogP contribution < -0.4 is 15.7 Å². The van der Waals surface area contributed by atoms with Crippen LogP contribution in [0.25, 0.3) is 0 Å². The third-order valence-corrected chi connectivity index (χ3v) is 3.74. The number of aromatic nitrogens is 1. The molecule has 0 radical (unpaired) electrons. The minimum absolute atomic E-state index is 0.0996. The lowest BCUT2D eigenvalue weighted by Crippen LogP contribution is -2.27. The second-order valence-corrected chi connectivity index (χ2v) is 4.93. The summed E-state index contributed by atoms with van der Waals surface area (Å²) in [5.74, 6) is 0. The van der Waals surface area contributed by atoms with E-state index in [9.17, 15) is 15.3 Å². The molecule has 0 amide bonds. The Balaban J connectivity index is 2.02. The molecule has 1 aromatic carbocycles. The van der Waals surface area contributed by atoms with E-state index in [-0.39, 0.29) is 11.4 Å². The summed E-state index contributed by atoms with van der Waals surface area (Å²) in [6.07, 6.45) is 1.39. The van der Waals surface area contributed by atoms with Crippen LogP contribution in [0.3, 0.4) is 0 Å². The van der Waals surface area contributed by atoms with Gasteiger partial charge in [-0.05, 0) is 23.9 Å². The third-order valence-electron chi connectivity index (χ3n) is 2.65. The maximum absolute atomic E-state index is 11.6. The van der Waals surface area contributed by atoms with Crippen molar-refractivity contribution in [2.24, 2.45) is 0 Å². The van der Waals surface area contributed by atoms with Crippen LogP contribution in [0, 0.1) is 15.3 Å². The van der Waals surface area contributed by atoms with Crippen LogP contribution >= 0.6 is 11.8 Å². The van der Waals surface area contributed by atoms with Crippen LogP contribution in [0.15, 0.2) is 46.5 Å². The lowest BCUT2D eigenvalue weighted by atomic mass is 10.2. The Morgan fingerprint density at radius 1 is 1.20 bits per heavy atom. The molecule has 1 aliphatic heterocycles. The average Bonchev–Trinajstić information content (AvgIpc) is 2.90. The smallest absolute Gasteiger partial charge is 0.296 e. The first-order valence-electron chi connectivity index (χ1n) is 5.52. The number of benzene rings is 1. The third kappa shape index (κ3) is 2.08. The molecule has 2 heterocycles. The number of fused-ring (bicyclic) bond motifs is 1. The van der Waals surface area contributed by atoms with Crippen LogP contribution in [0.5, 0.6) is 0 Å². The number of anilines is 2. The van der Waals surface area contributed by atoms with Crippen molar-refractivity contribution in [1.29, 1.82) is 0 Å². The monoisotopic (exact) mass is 292 g/mol. The van der Waals surface area contributed by atoms with Gasteiger partial charge in [0.15, 0.2) is 11.9 Å². The first-order valence-corrected chi connectivity index (χ1v) is 6.34. The van der Waals surface area contributed by atoms with Crippen molar-refractivity contribution in [2.75, 3.05) is 11.0 Å². The van der Waals surface area contributed by atoms with E-state index in [1.165, 1.54) is 24.0 Å². The molecule has 0 saturated heterocycles. The fraction of sp³-hybridized carbons (Fsp3) is 0. The van der Waals surface area contributed by atoms with Crippen molar-refractivity contribution in [2.45, 2.75) is 9.92 Å². The molecule has 3 rings (SSSR count). The molecular weight excluding hydrogens is 284 g/mol. The number of nitro benzene ring substituents is 1. The van der Waals surface area contributed by atoms with E-state index in [0.717, 1.165) is 4.73 Å². The molecule has 8 nitrogen and oxygen atoms in total. The van der Waals surface area contributed by atoms with E-state index >= 15 is 0 Å². The molecule has 102 valence electrons. The quantitative estimate of drug-likeness (QED) is 0.386. The zero-order valence-electron chi connectivity index (χ0n) is 9.90. The predicted octanol–water partition coefficient (Wildman–Crippen LogP) is 2.06. The van der Waals surface area contributed by atoms with E-state index in [1.54, 1.807) is 24.3 Å². The highest BCUT2D eigenvalue weighted by Gasteiger charge is 2.27. The summed E-state index contributed by atoms with van der Waals surface area (Å²) >= 11 is 1.19. The van der Waals surface area contributed by atoms with Crippen LogP contribution in [0.1, 0.15) is 0 Å². The summed E-state index contributed by atoms with van der Waals surface area (Å²) in [7, 11) is 0. The van der Waals surface area contributed by atoms with Gasteiger partial charge in [-0.2, -0.15) is 9.67 Å². The number of nitro groups is 1. The Morgan fingerprint density at radius 2 is 2.00 bits per heavy atom. The maximum atomic E-state index is 11.6. The average molecular weight is 292 g/mol. The molecule has 0 bridgehead atoms. The Bertz CT molecular complexity index is 694. The van der Waals surface area contributed by atoms with Crippen molar-refractivity contribution in [3.05, 3.63) is 51.9 Å². The Kier molecular flexibility index (Phi) is 3.05. The van der Waals surface area contributed by atoms with Crippen molar-refractivity contribution in [3.8, 4) is 0 Å². The zero-order valence-corrected chi connectivity index (χ0v) is 10.7. The second-order valence-electron chi connectivity index (χ2n) is 3.86. The van der Waals surface area contributed by atoms with E-state index in [2.05, 4.69) is 11.0 Å². The fourth-order valence-electron chi connectivity index (χ4n) is 1.75. The SMILES string of the molecule is O=[N+]([O-])c1ccc(Sc2cccc[n+]2[O-])c2c1NON2. The highest BCUT2D eigenvalue weighted by atomic mass is 32.2. The largest absolute Gasteiger partial charge is 0.618 e. The molecule has 20 heavy (non-hydrogen) atoms. The minimum Gasteiger partial charge on any atom is -0.618 e. The zero-order chi connectivity index (χ0) is 14.1. The molecule has 0 spiro atoms. The molecule has 2 aromatic rings. The first kappa shape index (κ1) is 12.5. The van der Waals surface area contributed by atoms with E-state index in [0.29, 0.717) is 15.6 Å². The molecule has 0 unspecified atom stereocenters. The minimum atomic E-state index is -0.507. The molecule has 9 heteroatoms. The first-order chi connectivity index (χ1) is 9.66. The molecular formula is C11H8N4O4S. The van der Waals surface area contributed by atoms with Crippen molar-refractivity contribution in [3.63, 3.8) is 0 Å². The molecule has 0 fully saturated rings. The van der Waals surface area contributed by atoms with Gasteiger partial charge in [0.25, 0.3) is 10.7 Å². The lowest BCUT2D eigenvalue weighted by Gasteiger charge is -2.06. The predicted molar refractivity (Wildman–Crippen MR) is 71.0 cm³/mol. The van der Waals surface area contributed by atoms with E-state index in [1.807, 2.05) is 0 Å². The molecule has 1 aromatic heterocycles. The highest BCUT2D eigenvalue weighted by Crippen LogP contribution is 2.44. The number of nitrogens with zero attached hydrogens (tertiary/aromatic N) is 2. The number of nitrogens with one attached hydrogen (secondary N) is 2. The van der Waals surface area contributed by atoms with Crippen LogP contribution in [0.4, 0.5) is 17.1 Å². The van der Waals surface area contributed by atoms with Crippen molar-refractivity contribution in [1.82, 2.24) is 0 Å². The van der Waals surface area contributed by atoms with Gasteiger partial charge in [-0.1, -0.05) is 0 Å². The van der Waals surface area contributed by atoms with E-state index in [4.69, 9.17) is 4.94 Å². The van der Waals surface area contributed by atoms with Gasteiger partial charge < -0.3 is 5.21 Å². The summed E-state index contributed by atoms with van der Waals surface area (Å²) in [5, 5.41) is 23.0. The van der Waals surface area contributed by atoms with Crippen molar-refractivity contribution >= 4 is 28.8 Å². The molecule has 0 atom stereocenters. The Hall–Kier alpha value is -2.52. The lowest BCUT2D eigenvalue weighted by molar-refractivity contribution is -0.645. The normalized spacial score (nSPS) is 12.4. The van der Waals surface area contributed by atoms with Crippen molar-refractivity contribution < 1.29 is 14.6 Å².